The van der Waals surface area contributed by atoms with E-state index in [9.17, 15) is 0 Å². The van der Waals surface area contributed by atoms with Gasteiger partial charge in [-0.3, -0.25) is 0 Å². The first-order valence-corrected chi connectivity index (χ1v) is 5.38. The third-order valence-corrected chi connectivity index (χ3v) is 2.58. The summed E-state index contributed by atoms with van der Waals surface area (Å²) in [5, 5.41) is 0. The first-order valence-electron chi connectivity index (χ1n) is 4.85. The Hall–Kier alpha value is -0.690. The van der Waals surface area contributed by atoms with Crippen molar-refractivity contribution in [2.45, 2.75) is 33.8 Å². The number of benzene rings is 1. The van der Waals surface area contributed by atoms with Crippen LogP contribution in [0.2, 0.25) is 0 Å². The van der Waals surface area contributed by atoms with E-state index in [1.54, 1.807) is 0 Å². The van der Waals surface area contributed by atoms with E-state index in [-0.39, 0.29) is 6.10 Å². The molecule has 1 aromatic rings. The average Bonchev–Trinajstić information content (AvgIpc) is 2.10. The van der Waals surface area contributed by atoms with Gasteiger partial charge in [-0.25, -0.2) is 0 Å². The van der Waals surface area contributed by atoms with Crippen molar-refractivity contribution in [3.05, 3.63) is 28.8 Å². The first kappa shape index (κ1) is 11.4. The second-order valence-corrected chi connectivity index (χ2v) is 4.12. The number of hydrogen-bond donors (Lipinski definition) is 0. The molecular weight excluding hydrogens is 196 g/mol. The summed E-state index contributed by atoms with van der Waals surface area (Å²) in [5.41, 5.74) is 3.63. The molecule has 0 spiro atoms. The van der Waals surface area contributed by atoms with E-state index >= 15 is 0 Å². The number of rotatable bonds is 3. The van der Waals surface area contributed by atoms with Crippen LogP contribution in [-0.4, -0.2) is 12.0 Å². The van der Waals surface area contributed by atoms with E-state index in [2.05, 4.69) is 32.9 Å². The standard InChI is InChI=1S/C12H17ClO/c1-8-5-9(2)12(10(3)6-8)14-11(4)7-13/h5-6,11H,7H2,1-4H3. The van der Waals surface area contributed by atoms with Crippen LogP contribution in [0.1, 0.15) is 23.6 Å². The highest BCUT2D eigenvalue weighted by Crippen LogP contribution is 2.25. The van der Waals surface area contributed by atoms with Crippen LogP contribution in [-0.2, 0) is 0 Å². The molecule has 1 atom stereocenters. The molecule has 1 nitrogen and oxygen atoms in total. The van der Waals surface area contributed by atoms with E-state index in [4.69, 9.17) is 16.3 Å². The Morgan fingerprint density at radius 2 is 1.71 bits per heavy atom. The maximum Gasteiger partial charge on any atom is 0.125 e. The summed E-state index contributed by atoms with van der Waals surface area (Å²) in [6.07, 6.45) is 0.0665. The van der Waals surface area contributed by atoms with Crippen LogP contribution in [0, 0.1) is 20.8 Å². The van der Waals surface area contributed by atoms with Crippen molar-refractivity contribution < 1.29 is 4.74 Å². The fourth-order valence-electron chi connectivity index (χ4n) is 1.59. The lowest BCUT2D eigenvalue weighted by molar-refractivity contribution is 0.242. The zero-order valence-electron chi connectivity index (χ0n) is 9.23. The molecule has 0 saturated heterocycles. The van der Waals surface area contributed by atoms with Crippen molar-refractivity contribution in [2.24, 2.45) is 0 Å². The molecule has 1 aromatic carbocycles. The van der Waals surface area contributed by atoms with Crippen LogP contribution < -0.4 is 4.74 Å². The molecule has 0 aromatic heterocycles. The van der Waals surface area contributed by atoms with Gasteiger partial charge in [-0.05, 0) is 38.8 Å². The average molecular weight is 213 g/mol. The fraction of sp³-hybridized carbons (Fsp3) is 0.500. The number of hydrogen-bond acceptors (Lipinski definition) is 1. The Bertz CT molecular complexity index is 297. The van der Waals surface area contributed by atoms with Crippen molar-refractivity contribution in [1.82, 2.24) is 0 Å². The van der Waals surface area contributed by atoms with E-state index in [0.717, 1.165) is 5.75 Å². The quantitative estimate of drug-likeness (QED) is 0.696. The molecule has 1 rings (SSSR count). The second-order valence-electron chi connectivity index (χ2n) is 3.81. The van der Waals surface area contributed by atoms with Gasteiger partial charge in [-0.2, -0.15) is 0 Å². The molecule has 0 heterocycles. The van der Waals surface area contributed by atoms with Crippen LogP contribution >= 0.6 is 11.6 Å². The van der Waals surface area contributed by atoms with Gasteiger partial charge in [0.1, 0.15) is 11.9 Å². The number of alkyl halides is 1. The SMILES string of the molecule is Cc1cc(C)c(OC(C)CCl)c(C)c1. The lowest BCUT2D eigenvalue weighted by Gasteiger charge is -2.16. The van der Waals surface area contributed by atoms with Crippen LogP contribution in [0.3, 0.4) is 0 Å². The van der Waals surface area contributed by atoms with Gasteiger partial charge in [0.2, 0.25) is 0 Å². The van der Waals surface area contributed by atoms with Crippen molar-refractivity contribution in [3.8, 4) is 5.75 Å². The van der Waals surface area contributed by atoms with Gasteiger partial charge in [0, 0.05) is 0 Å². The molecule has 0 aliphatic rings. The molecule has 0 saturated carbocycles. The Morgan fingerprint density at radius 1 is 1.21 bits per heavy atom. The molecule has 0 radical (unpaired) electrons. The van der Waals surface area contributed by atoms with Gasteiger partial charge in [0.15, 0.2) is 0 Å². The highest BCUT2D eigenvalue weighted by Gasteiger charge is 2.08. The molecule has 14 heavy (non-hydrogen) atoms. The molecule has 0 fully saturated rings. The smallest absolute Gasteiger partial charge is 0.125 e. The normalized spacial score (nSPS) is 12.6. The fourth-order valence-corrected chi connectivity index (χ4v) is 1.65. The van der Waals surface area contributed by atoms with E-state index < -0.39 is 0 Å². The molecule has 0 aliphatic carbocycles. The van der Waals surface area contributed by atoms with Crippen LogP contribution in [0.15, 0.2) is 12.1 Å². The molecular formula is C12H17ClO. The highest BCUT2D eigenvalue weighted by atomic mass is 35.5. The third kappa shape index (κ3) is 2.65. The third-order valence-electron chi connectivity index (χ3n) is 2.14. The van der Waals surface area contributed by atoms with Gasteiger partial charge in [0.05, 0.1) is 5.88 Å². The Balaban J connectivity index is 2.96. The Kier molecular flexibility index (Phi) is 3.82. The predicted octanol–water partition coefficient (Wildman–Crippen LogP) is 3.62. The maximum absolute atomic E-state index is 5.75. The zero-order valence-corrected chi connectivity index (χ0v) is 9.98. The number of halogens is 1. The van der Waals surface area contributed by atoms with Gasteiger partial charge < -0.3 is 4.74 Å². The summed E-state index contributed by atoms with van der Waals surface area (Å²) >= 11 is 5.71. The van der Waals surface area contributed by atoms with Crippen molar-refractivity contribution in [1.29, 1.82) is 0 Å². The first-order chi connectivity index (χ1) is 6.54. The van der Waals surface area contributed by atoms with Gasteiger partial charge >= 0.3 is 0 Å². The molecule has 78 valence electrons. The molecule has 2 heteroatoms. The number of aryl methyl sites for hydroxylation is 3. The summed E-state index contributed by atoms with van der Waals surface area (Å²) in [4.78, 5) is 0. The van der Waals surface area contributed by atoms with Crippen LogP contribution in [0.25, 0.3) is 0 Å². The highest BCUT2D eigenvalue weighted by molar-refractivity contribution is 6.18. The summed E-state index contributed by atoms with van der Waals surface area (Å²) in [6, 6.07) is 4.26. The molecule has 0 amide bonds. The minimum absolute atomic E-state index is 0.0665. The molecule has 0 bridgehead atoms. The lowest BCUT2D eigenvalue weighted by atomic mass is 10.1. The largest absolute Gasteiger partial charge is 0.489 e. The van der Waals surface area contributed by atoms with Crippen LogP contribution in [0.4, 0.5) is 0 Å². The van der Waals surface area contributed by atoms with Crippen LogP contribution in [0.5, 0.6) is 5.75 Å². The number of ether oxygens (including phenoxy) is 1. The molecule has 1 unspecified atom stereocenters. The summed E-state index contributed by atoms with van der Waals surface area (Å²) in [7, 11) is 0. The molecule has 0 aliphatic heterocycles. The minimum atomic E-state index is 0.0665. The molecule has 0 N–H and O–H groups in total. The summed E-state index contributed by atoms with van der Waals surface area (Å²) in [5.74, 6) is 1.50. The maximum atomic E-state index is 5.75. The van der Waals surface area contributed by atoms with Gasteiger partial charge in [-0.1, -0.05) is 17.7 Å². The van der Waals surface area contributed by atoms with Gasteiger partial charge in [-0.15, -0.1) is 11.6 Å². The lowest BCUT2D eigenvalue weighted by Crippen LogP contribution is -2.14. The predicted molar refractivity (Wildman–Crippen MR) is 61.5 cm³/mol. The summed E-state index contributed by atoms with van der Waals surface area (Å²) < 4.78 is 5.75. The monoisotopic (exact) mass is 212 g/mol. The van der Waals surface area contributed by atoms with E-state index in [1.165, 1.54) is 16.7 Å². The zero-order chi connectivity index (χ0) is 10.7. The van der Waals surface area contributed by atoms with Crippen molar-refractivity contribution >= 4 is 11.6 Å². The van der Waals surface area contributed by atoms with E-state index in [0.29, 0.717) is 5.88 Å². The summed E-state index contributed by atoms with van der Waals surface area (Å²) in [6.45, 7) is 8.20. The minimum Gasteiger partial charge on any atom is -0.489 e. The van der Waals surface area contributed by atoms with Crippen molar-refractivity contribution in [2.75, 3.05) is 5.88 Å². The topological polar surface area (TPSA) is 9.23 Å². The Morgan fingerprint density at radius 3 is 2.14 bits per heavy atom. The van der Waals surface area contributed by atoms with Gasteiger partial charge in [0.25, 0.3) is 0 Å². The van der Waals surface area contributed by atoms with Crippen molar-refractivity contribution in [3.63, 3.8) is 0 Å². The van der Waals surface area contributed by atoms with E-state index in [1.807, 2.05) is 6.92 Å². The Labute approximate surface area is 91.0 Å². The second kappa shape index (κ2) is 4.70.